The van der Waals surface area contributed by atoms with E-state index in [9.17, 15) is 9.59 Å². The molecule has 0 N–H and O–H groups in total. The number of hydrogen-bond acceptors (Lipinski definition) is 3. The second-order valence-electron chi connectivity index (χ2n) is 4.83. The van der Waals surface area contributed by atoms with Gasteiger partial charge >= 0.3 is 0 Å². The van der Waals surface area contributed by atoms with Crippen molar-refractivity contribution < 1.29 is 9.59 Å². The Morgan fingerprint density at radius 3 is 2.45 bits per heavy atom. The van der Waals surface area contributed by atoms with Crippen LogP contribution in [0.15, 0.2) is 53.4 Å². The average Bonchev–Trinajstić information content (AvgIpc) is 2.77. The number of imide groups is 1. The lowest BCUT2D eigenvalue weighted by Crippen LogP contribution is -2.28. The van der Waals surface area contributed by atoms with Crippen molar-refractivity contribution in [1.29, 1.82) is 0 Å². The van der Waals surface area contributed by atoms with E-state index in [4.69, 9.17) is 11.6 Å². The van der Waals surface area contributed by atoms with Crippen LogP contribution in [0.2, 0.25) is 5.02 Å². The van der Waals surface area contributed by atoms with Gasteiger partial charge < -0.3 is 0 Å². The topological polar surface area (TPSA) is 37.4 Å². The monoisotopic (exact) mass is 329 g/mol. The highest BCUT2D eigenvalue weighted by atomic mass is 35.5. The number of carbonyl (C=O) groups excluding carboxylic acids is 2. The first kappa shape index (κ1) is 14.9. The maximum atomic E-state index is 12.6. The zero-order chi connectivity index (χ0) is 15.7. The van der Waals surface area contributed by atoms with E-state index in [-0.39, 0.29) is 11.1 Å². The number of halogens is 1. The summed E-state index contributed by atoms with van der Waals surface area (Å²) in [7, 11) is 0. The fraction of sp³-hybridized carbons (Fsp3) is 0.0588. The zero-order valence-corrected chi connectivity index (χ0v) is 13.3. The molecule has 3 nitrogen and oxygen atoms in total. The first-order valence-corrected chi connectivity index (χ1v) is 7.85. The normalized spacial score (nSPS) is 16.6. The van der Waals surface area contributed by atoms with Gasteiger partial charge in [0.2, 0.25) is 0 Å². The lowest BCUT2D eigenvalue weighted by Gasteiger charge is -2.14. The quantitative estimate of drug-likeness (QED) is 0.736. The van der Waals surface area contributed by atoms with E-state index in [1.54, 1.807) is 18.2 Å². The Labute approximate surface area is 137 Å². The number of amides is 2. The van der Waals surface area contributed by atoms with Gasteiger partial charge in [0.15, 0.2) is 0 Å². The number of benzene rings is 2. The van der Waals surface area contributed by atoms with Crippen molar-refractivity contribution >= 4 is 46.3 Å². The molecule has 0 radical (unpaired) electrons. The Kier molecular flexibility index (Phi) is 4.05. The molecule has 0 unspecified atom stereocenters. The summed E-state index contributed by atoms with van der Waals surface area (Å²) in [6, 6.07) is 14.5. The van der Waals surface area contributed by atoms with Crippen LogP contribution >= 0.6 is 23.4 Å². The van der Waals surface area contributed by atoms with E-state index in [2.05, 4.69) is 0 Å². The molecular weight excluding hydrogens is 318 g/mol. The van der Waals surface area contributed by atoms with Crippen LogP contribution < -0.4 is 4.90 Å². The highest BCUT2D eigenvalue weighted by Gasteiger charge is 2.36. The number of thioether (sulfide) groups is 1. The number of hydrogen-bond donors (Lipinski definition) is 0. The molecule has 0 spiro atoms. The standard InChI is InChI=1S/C17H12ClNO2S/c1-11-6-2-5-9-14(11)19-16(20)15(22-17(19)21)10-12-7-3-4-8-13(12)18/h2-10H,1H3. The van der Waals surface area contributed by atoms with Crippen LogP contribution in [0.1, 0.15) is 11.1 Å². The largest absolute Gasteiger partial charge is 0.298 e. The molecule has 2 amide bonds. The molecule has 0 bridgehead atoms. The summed E-state index contributed by atoms with van der Waals surface area (Å²) in [5.41, 5.74) is 2.22. The van der Waals surface area contributed by atoms with Gasteiger partial charge in [0, 0.05) is 5.02 Å². The number of anilines is 1. The highest BCUT2D eigenvalue weighted by molar-refractivity contribution is 8.19. The number of aryl methyl sites for hydroxylation is 1. The van der Waals surface area contributed by atoms with E-state index in [0.29, 0.717) is 15.6 Å². The van der Waals surface area contributed by atoms with E-state index in [1.165, 1.54) is 4.90 Å². The number of rotatable bonds is 2. The van der Waals surface area contributed by atoms with E-state index in [0.717, 1.165) is 22.9 Å². The molecule has 22 heavy (non-hydrogen) atoms. The van der Waals surface area contributed by atoms with Crippen molar-refractivity contribution in [2.75, 3.05) is 4.90 Å². The molecule has 0 aromatic heterocycles. The van der Waals surface area contributed by atoms with Crippen molar-refractivity contribution in [3.8, 4) is 0 Å². The predicted octanol–water partition coefficient (Wildman–Crippen LogP) is 4.89. The maximum Gasteiger partial charge on any atom is 0.298 e. The summed E-state index contributed by atoms with van der Waals surface area (Å²) in [6.45, 7) is 1.87. The summed E-state index contributed by atoms with van der Waals surface area (Å²) in [5.74, 6) is -0.316. The van der Waals surface area contributed by atoms with Gasteiger partial charge in [-0.2, -0.15) is 0 Å². The molecule has 110 valence electrons. The van der Waals surface area contributed by atoms with Gasteiger partial charge in [-0.15, -0.1) is 0 Å². The zero-order valence-electron chi connectivity index (χ0n) is 11.7. The summed E-state index contributed by atoms with van der Waals surface area (Å²) in [4.78, 5) is 26.4. The minimum Gasteiger partial charge on any atom is -0.268 e. The van der Waals surface area contributed by atoms with Crippen molar-refractivity contribution in [2.45, 2.75) is 6.92 Å². The van der Waals surface area contributed by atoms with Gasteiger partial charge in [-0.3, -0.25) is 9.59 Å². The van der Waals surface area contributed by atoms with Crippen LogP contribution in [-0.4, -0.2) is 11.1 Å². The van der Waals surface area contributed by atoms with Crippen LogP contribution in [0.3, 0.4) is 0 Å². The predicted molar refractivity (Wildman–Crippen MR) is 91.1 cm³/mol. The van der Waals surface area contributed by atoms with Crippen LogP contribution in [-0.2, 0) is 4.79 Å². The molecule has 2 aromatic carbocycles. The van der Waals surface area contributed by atoms with Crippen molar-refractivity contribution in [2.24, 2.45) is 0 Å². The smallest absolute Gasteiger partial charge is 0.268 e. The van der Waals surface area contributed by atoms with Crippen LogP contribution in [0, 0.1) is 6.92 Å². The summed E-state index contributed by atoms with van der Waals surface area (Å²) < 4.78 is 0. The Morgan fingerprint density at radius 1 is 1.05 bits per heavy atom. The fourth-order valence-corrected chi connectivity index (χ4v) is 3.24. The molecule has 0 atom stereocenters. The Hall–Kier alpha value is -2.04. The third kappa shape index (κ3) is 2.67. The highest BCUT2D eigenvalue weighted by Crippen LogP contribution is 2.37. The Bertz CT molecular complexity index is 801. The molecule has 1 aliphatic heterocycles. The minimum atomic E-state index is -0.316. The second-order valence-corrected chi connectivity index (χ2v) is 6.23. The molecule has 5 heteroatoms. The maximum absolute atomic E-state index is 12.6. The van der Waals surface area contributed by atoms with E-state index in [1.807, 2.05) is 43.3 Å². The van der Waals surface area contributed by atoms with Gasteiger partial charge in [-0.25, -0.2) is 4.90 Å². The van der Waals surface area contributed by atoms with Gasteiger partial charge in [0.25, 0.3) is 11.1 Å². The molecule has 1 heterocycles. The molecule has 3 rings (SSSR count). The van der Waals surface area contributed by atoms with Gasteiger partial charge in [0.05, 0.1) is 10.6 Å². The summed E-state index contributed by atoms with van der Waals surface area (Å²) in [6.07, 6.45) is 1.66. The molecular formula is C17H12ClNO2S. The average molecular weight is 330 g/mol. The van der Waals surface area contributed by atoms with Crippen LogP contribution in [0.25, 0.3) is 6.08 Å². The van der Waals surface area contributed by atoms with E-state index >= 15 is 0 Å². The van der Waals surface area contributed by atoms with Crippen molar-refractivity contribution in [1.82, 2.24) is 0 Å². The van der Waals surface area contributed by atoms with Gasteiger partial charge in [-0.1, -0.05) is 48.0 Å². The number of nitrogens with zero attached hydrogens (tertiary/aromatic N) is 1. The summed E-state index contributed by atoms with van der Waals surface area (Å²) >= 11 is 7.03. The van der Waals surface area contributed by atoms with Gasteiger partial charge in [0.1, 0.15) is 0 Å². The SMILES string of the molecule is Cc1ccccc1N1C(=O)SC(=Cc2ccccc2Cl)C1=O. The lowest BCUT2D eigenvalue weighted by atomic mass is 10.1. The number of para-hydroxylation sites is 1. The molecule has 1 fully saturated rings. The fourth-order valence-electron chi connectivity index (χ4n) is 2.22. The lowest BCUT2D eigenvalue weighted by molar-refractivity contribution is -0.113. The first-order valence-electron chi connectivity index (χ1n) is 6.66. The first-order chi connectivity index (χ1) is 10.6. The number of carbonyl (C=O) groups is 2. The molecule has 1 aliphatic rings. The van der Waals surface area contributed by atoms with Crippen molar-refractivity contribution in [3.05, 3.63) is 69.6 Å². The Morgan fingerprint density at radius 2 is 1.73 bits per heavy atom. The van der Waals surface area contributed by atoms with Crippen molar-refractivity contribution in [3.63, 3.8) is 0 Å². The van der Waals surface area contributed by atoms with Crippen LogP contribution in [0.4, 0.5) is 10.5 Å². The molecule has 1 saturated heterocycles. The molecule has 0 aliphatic carbocycles. The second kappa shape index (κ2) is 5.99. The van der Waals surface area contributed by atoms with Gasteiger partial charge in [-0.05, 0) is 48.0 Å². The molecule has 0 saturated carbocycles. The summed E-state index contributed by atoms with van der Waals surface area (Å²) in [5, 5.41) is 0.253. The Balaban J connectivity index is 1.99. The molecule has 2 aromatic rings. The third-order valence-electron chi connectivity index (χ3n) is 3.34. The van der Waals surface area contributed by atoms with Crippen LogP contribution in [0.5, 0.6) is 0 Å². The minimum absolute atomic E-state index is 0.294. The third-order valence-corrected chi connectivity index (χ3v) is 4.56. The van der Waals surface area contributed by atoms with E-state index < -0.39 is 0 Å².